The molecule has 1 rings (SSSR count). The van der Waals surface area contributed by atoms with Crippen LogP contribution in [0.15, 0.2) is 11.4 Å². The summed E-state index contributed by atoms with van der Waals surface area (Å²) in [7, 11) is 0. The van der Waals surface area contributed by atoms with Crippen LogP contribution in [-0.2, 0) is 6.54 Å². The number of carboxylic acids is 1. The van der Waals surface area contributed by atoms with E-state index in [4.69, 9.17) is 5.11 Å². The van der Waals surface area contributed by atoms with Crippen molar-refractivity contribution in [3.05, 3.63) is 21.9 Å². The van der Waals surface area contributed by atoms with E-state index in [2.05, 4.69) is 18.5 Å². The Hall–Kier alpha value is -0.520. The number of hydrogen-bond acceptors (Lipinski definition) is 4. The number of aromatic carboxylic acids is 1. The highest BCUT2D eigenvalue weighted by Crippen LogP contribution is 2.14. The standard InChI is InChI=1S/C10H15NO2S2/c1-7(14-2)4-11-5-9-3-8(6-15-9)10(12)13/h3,6-7,11H,4-5H2,1-2H3,(H,12,13). The third-order valence-electron chi connectivity index (χ3n) is 2.03. The Labute approximate surface area is 97.9 Å². The van der Waals surface area contributed by atoms with Crippen LogP contribution in [0.3, 0.4) is 0 Å². The number of nitrogens with one attached hydrogen (secondary N) is 1. The van der Waals surface area contributed by atoms with Crippen molar-refractivity contribution in [2.24, 2.45) is 0 Å². The smallest absolute Gasteiger partial charge is 0.336 e. The first-order chi connectivity index (χ1) is 7.13. The molecule has 0 spiro atoms. The Balaban J connectivity index is 2.35. The highest BCUT2D eigenvalue weighted by molar-refractivity contribution is 7.99. The fourth-order valence-corrected chi connectivity index (χ4v) is 2.18. The van der Waals surface area contributed by atoms with E-state index in [-0.39, 0.29) is 0 Å². The molecule has 0 aromatic carbocycles. The molecule has 0 aliphatic heterocycles. The molecule has 1 atom stereocenters. The van der Waals surface area contributed by atoms with E-state index in [1.807, 2.05) is 11.8 Å². The van der Waals surface area contributed by atoms with Gasteiger partial charge in [-0.25, -0.2) is 4.79 Å². The quantitative estimate of drug-likeness (QED) is 0.807. The minimum atomic E-state index is -0.852. The maximum atomic E-state index is 10.6. The molecule has 1 heterocycles. The summed E-state index contributed by atoms with van der Waals surface area (Å²) >= 11 is 3.30. The lowest BCUT2D eigenvalue weighted by atomic mass is 10.3. The van der Waals surface area contributed by atoms with Crippen LogP contribution >= 0.6 is 23.1 Å². The summed E-state index contributed by atoms with van der Waals surface area (Å²) < 4.78 is 0. The van der Waals surface area contributed by atoms with Crippen molar-refractivity contribution in [3.63, 3.8) is 0 Å². The zero-order valence-electron chi connectivity index (χ0n) is 8.82. The van der Waals surface area contributed by atoms with Crippen molar-refractivity contribution in [1.82, 2.24) is 5.32 Å². The molecule has 0 radical (unpaired) electrons. The van der Waals surface area contributed by atoms with E-state index in [0.29, 0.717) is 10.8 Å². The second-order valence-electron chi connectivity index (χ2n) is 3.28. The van der Waals surface area contributed by atoms with Crippen LogP contribution in [0.5, 0.6) is 0 Å². The number of thioether (sulfide) groups is 1. The van der Waals surface area contributed by atoms with Crippen LogP contribution in [0.4, 0.5) is 0 Å². The molecule has 1 aromatic rings. The van der Waals surface area contributed by atoms with Gasteiger partial charge < -0.3 is 10.4 Å². The van der Waals surface area contributed by atoms with Crippen molar-refractivity contribution in [2.75, 3.05) is 12.8 Å². The predicted molar refractivity (Wildman–Crippen MR) is 66.0 cm³/mol. The van der Waals surface area contributed by atoms with Gasteiger partial charge >= 0.3 is 5.97 Å². The van der Waals surface area contributed by atoms with Gasteiger partial charge in [0, 0.05) is 28.6 Å². The van der Waals surface area contributed by atoms with E-state index >= 15 is 0 Å². The number of rotatable bonds is 6. The van der Waals surface area contributed by atoms with E-state index in [1.54, 1.807) is 11.4 Å². The van der Waals surface area contributed by atoms with Crippen LogP contribution in [0, 0.1) is 0 Å². The highest BCUT2D eigenvalue weighted by atomic mass is 32.2. The largest absolute Gasteiger partial charge is 0.478 e. The monoisotopic (exact) mass is 245 g/mol. The summed E-state index contributed by atoms with van der Waals surface area (Å²) in [6.45, 7) is 3.86. The first-order valence-electron chi connectivity index (χ1n) is 4.67. The second-order valence-corrected chi connectivity index (χ2v) is 5.56. The molecule has 0 aliphatic rings. The highest BCUT2D eigenvalue weighted by Gasteiger charge is 2.06. The Morgan fingerprint density at radius 3 is 3.00 bits per heavy atom. The number of carboxylic acid groups (broad SMARTS) is 1. The van der Waals surface area contributed by atoms with Gasteiger partial charge in [0.1, 0.15) is 0 Å². The summed E-state index contributed by atoms with van der Waals surface area (Å²) in [5.41, 5.74) is 0.384. The Kier molecular flexibility index (Phi) is 5.14. The first-order valence-corrected chi connectivity index (χ1v) is 6.84. The normalized spacial score (nSPS) is 12.7. The van der Waals surface area contributed by atoms with Gasteiger partial charge in [-0.2, -0.15) is 11.8 Å². The van der Waals surface area contributed by atoms with Gasteiger partial charge in [0.25, 0.3) is 0 Å². The van der Waals surface area contributed by atoms with Crippen LogP contribution in [0.25, 0.3) is 0 Å². The molecule has 84 valence electrons. The average Bonchev–Trinajstić information content (AvgIpc) is 2.66. The zero-order valence-corrected chi connectivity index (χ0v) is 10.5. The fraction of sp³-hybridized carbons (Fsp3) is 0.500. The van der Waals surface area contributed by atoms with Crippen molar-refractivity contribution in [3.8, 4) is 0 Å². The van der Waals surface area contributed by atoms with E-state index in [9.17, 15) is 4.79 Å². The number of carbonyl (C=O) groups is 1. The van der Waals surface area contributed by atoms with E-state index in [1.165, 1.54) is 11.3 Å². The molecule has 1 unspecified atom stereocenters. The summed E-state index contributed by atoms with van der Waals surface area (Å²) in [4.78, 5) is 11.7. The third-order valence-corrected chi connectivity index (χ3v) is 3.94. The van der Waals surface area contributed by atoms with Gasteiger partial charge in [0.05, 0.1) is 5.56 Å². The third kappa shape index (κ3) is 4.24. The predicted octanol–water partition coefficient (Wildman–Crippen LogP) is 2.29. The minimum Gasteiger partial charge on any atom is -0.478 e. The lowest BCUT2D eigenvalue weighted by molar-refractivity contribution is 0.0697. The van der Waals surface area contributed by atoms with E-state index in [0.717, 1.165) is 18.0 Å². The summed E-state index contributed by atoms with van der Waals surface area (Å²) in [6, 6.07) is 1.73. The molecular weight excluding hydrogens is 230 g/mol. The summed E-state index contributed by atoms with van der Waals surface area (Å²) in [5, 5.41) is 14.3. The summed E-state index contributed by atoms with van der Waals surface area (Å²) in [6.07, 6.45) is 2.08. The molecule has 2 N–H and O–H groups in total. The van der Waals surface area contributed by atoms with Gasteiger partial charge in [-0.3, -0.25) is 0 Å². The molecule has 0 saturated heterocycles. The molecule has 0 aliphatic carbocycles. The molecule has 1 aromatic heterocycles. The molecule has 5 heteroatoms. The topological polar surface area (TPSA) is 49.3 Å². The Morgan fingerprint density at radius 1 is 1.73 bits per heavy atom. The lowest BCUT2D eigenvalue weighted by Gasteiger charge is -2.08. The first kappa shape index (κ1) is 12.5. The molecule has 15 heavy (non-hydrogen) atoms. The van der Waals surface area contributed by atoms with Crippen LogP contribution in [0.1, 0.15) is 22.2 Å². The minimum absolute atomic E-state index is 0.384. The fourth-order valence-electron chi connectivity index (χ4n) is 1.07. The lowest BCUT2D eigenvalue weighted by Crippen LogP contribution is -2.21. The Morgan fingerprint density at radius 2 is 2.47 bits per heavy atom. The van der Waals surface area contributed by atoms with Crippen molar-refractivity contribution in [2.45, 2.75) is 18.7 Å². The molecular formula is C10H15NO2S2. The zero-order chi connectivity index (χ0) is 11.3. The molecule has 0 saturated carbocycles. The van der Waals surface area contributed by atoms with Crippen molar-refractivity contribution < 1.29 is 9.90 Å². The van der Waals surface area contributed by atoms with Gasteiger partial charge in [-0.15, -0.1) is 11.3 Å². The SMILES string of the molecule is CSC(C)CNCc1cc(C(=O)O)cs1. The van der Waals surface area contributed by atoms with Crippen LogP contribution < -0.4 is 5.32 Å². The van der Waals surface area contributed by atoms with Crippen molar-refractivity contribution >= 4 is 29.1 Å². The molecule has 0 bridgehead atoms. The van der Waals surface area contributed by atoms with Crippen LogP contribution in [-0.4, -0.2) is 29.1 Å². The molecule has 3 nitrogen and oxygen atoms in total. The molecule has 0 amide bonds. The average molecular weight is 245 g/mol. The second kappa shape index (κ2) is 6.15. The van der Waals surface area contributed by atoms with Crippen molar-refractivity contribution in [1.29, 1.82) is 0 Å². The van der Waals surface area contributed by atoms with E-state index < -0.39 is 5.97 Å². The summed E-state index contributed by atoms with van der Waals surface area (Å²) in [5.74, 6) is -0.852. The van der Waals surface area contributed by atoms with Gasteiger partial charge in [-0.1, -0.05) is 6.92 Å². The van der Waals surface area contributed by atoms with Gasteiger partial charge in [0.2, 0.25) is 0 Å². The Bertz CT molecular complexity index is 325. The van der Waals surface area contributed by atoms with Crippen LogP contribution in [0.2, 0.25) is 0 Å². The van der Waals surface area contributed by atoms with Gasteiger partial charge in [0.15, 0.2) is 0 Å². The maximum absolute atomic E-state index is 10.6. The van der Waals surface area contributed by atoms with Gasteiger partial charge in [-0.05, 0) is 12.3 Å². The maximum Gasteiger partial charge on any atom is 0.336 e. The number of thiophene rings is 1. The molecule has 0 fully saturated rings. The number of hydrogen-bond donors (Lipinski definition) is 2.